The molecule has 0 fully saturated rings. The highest BCUT2D eigenvalue weighted by molar-refractivity contribution is 7.93. The quantitative estimate of drug-likeness (QED) is 0.526. The summed E-state index contributed by atoms with van der Waals surface area (Å²) in [6, 6.07) is 14.1. The number of hydrogen-bond acceptors (Lipinski definition) is 6. The topological polar surface area (TPSA) is 110 Å². The Balaban J connectivity index is 1.37. The summed E-state index contributed by atoms with van der Waals surface area (Å²) in [7, 11) is -3.78. The number of rotatable bonds is 5. The lowest BCUT2D eigenvalue weighted by molar-refractivity contribution is -0.119. The second kappa shape index (κ2) is 6.92. The minimum atomic E-state index is -3.78. The molecule has 0 saturated heterocycles. The number of benzene rings is 2. The van der Waals surface area contributed by atoms with Crippen LogP contribution in [0.4, 0.5) is 5.69 Å². The number of carbonyl (C=O) groups excluding carboxylic acids is 1. The molecule has 2 aromatic heterocycles. The Morgan fingerprint density at radius 2 is 1.90 bits per heavy atom. The molecule has 0 spiro atoms. The van der Waals surface area contributed by atoms with Crippen molar-refractivity contribution in [1.29, 1.82) is 0 Å². The first-order valence-electron chi connectivity index (χ1n) is 9.16. The van der Waals surface area contributed by atoms with E-state index in [1.54, 1.807) is 36.5 Å². The summed E-state index contributed by atoms with van der Waals surface area (Å²) in [5, 5.41) is 8.31. The molecule has 2 aromatic carbocycles. The van der Waals surface area contributed by atoms with Crippen LogP contribution in [0.1, 0.15) is 5.56 Å². The number of nitrogens with one attached hydrogen (secondary N) is 1. The fourth-order valence-electron chi connectivity index (χ4n) is 3.60. The molecule has 0 aliphatic carbocycles. The lowest BCUT2D eigenvalue weighted by Crippen LogP contribution is -2.38. The first-order valence-corrected chi connectivity index (χ1v) is 10.6. The van der Waals surface area contributed by atoms with Gasteiger partial charge in [0.1, 0.15) is 19.2 Å². The fraction of sp³-hybridized carbons (Fsp3) is 0.100. The van der Waals surface area contributed by atoms with Gasteiger partial charge in [0.05, 0.1) is 10.6 Å². The highest BCUT2D eigenvalue weighted by atomic mass is 32.2. The van der Waals surface area contributed by atoms with E-state index in [-0.39, 0.29) is 18.0 Å². The van der Waals surface area contributed by atoms with Crippen LogP contribution in [0.3, 0.4) is 0 Å². The van der Waals surface area contributed by atoms with Crippen molar-refractivity contribution >= 4 is 32.4 Å². The zero-order valence-corrected chi connectivity index (χ0v) is 16.5. The molecule has 0 bridgehead atoms. The zero-order valence-electron chi connectivity index (χ0n) is 15.6. The highest BCUT2D eigenvalue weighted by Gasteiger charge is 2.36. The first kappa shape index (κ1) is 18.3. The van der Waals surface area contributed by atoms with Crippen LogP contribution in [-0.4, -0.2) is 40.6 Å². The van der Waals surface area contributed by atoms with Gasteiger partial charge in [-0.1, -0.05) is 30.3 Å². The van der Waals surface area contributed by atoms with Gasteiger partial charge in [0, 0.05) is 23.7 Å². The van der Waals surface area contributed by atoms with Gasteiger partial charge in [-0.05, 0) is 23.6 Å². The Morgan fingerprint density at radius 1 is 1.07 bits per heavy atom. The molecule has 30 heavy (non-hydrogen) atoms. The van der Waals surface area contributed by atoms with Crippen LogP contribution in [0.5, 0.6) is 0 Å². The summed E-state index contributed by atoms with van der Waals surface area (Å²) in [6.07, 6.45) is 4.53. The van der Waals surface area contributed by atoms with Gasteiger partial charge in [-0.15, -0.1) is 0 Å². The van der Waals surface area contributed by atoms with Gasteiger partial charge in [0.2, 0.25) is 5.91 Å². The summed E-state index contributed by atoms with van der Waals surface area (Å²) in [5.74, 6) is 0.123. The predicted molar refractivity (Wildman–Crippen MR) is 109 cm³/mol. The average molecular weight is 420 g/mol. The van der Waals surface area contributed by atoms with E-state index in [0.29, 0.717) is 16.9 Å². The molecule has 0 saturated carbocycles. The van der Waals surface area contributed by atoms with Crippen molar-refractivity contribution in [2.45, 2.75) is 11.4 Å². The number of pyridine rings is 1. The van der Waals surface area contributed by atoms with E-state index in [4.69, 9.17) is 0 Å². The van der Waals surface area contributed by atoms with Gasteiger partial charge in [-0.2, -0.15) is 5.10 Å². The predicted octanol–water partition coefficient (Wildman–Crippen LogP) is 1.64. The van der Waals surface area contributed by atoms with Gasteiger partial charge in [-0.25, -0.2) is 23.1 Å². The second-order valence-electron chi connectivity index (χ2n) is 6.75. The van der Waals surface area contributed by atoms with E-state index in [2.05, 4.69) is 20.4 Å². The third-order valence-corrected chi connectivity index (χ3v) is 6.75. The molecular formula is C20H16N6O3S. The maximum absolute atomic E-state index is 13.0. The Morgan fingerprint density at radius 3 is 2.70 bits per heavy atom. The monoisotopic (exact) mass is 420 g/mol. The summed E-state index contributed by atoms with van der Waals surface area (Å²) in [4.78, 5) is 21.1. The normalized spacial score (nSPS) is 14.2. The third-order valence-electron chi connectivity index (χ3n) is 4.95. The summed E-state index contributed by atoms with van der Waals surface area (Å²) in [5.41, 5.74) is 1.24. The third kappa shape index (κ3) is 2.89. The van der Waals surface area contributed by atoms with E-state index in [1.807, 2.05) is 18.2 Å². The fourth-order valence-corrected chi connectivity index (χ4v) is 5.27. The SMILES string of the molecule is O=C(CN1c2cccc3cccc(c23)S1(=O)=O)NCc1cccnc1-n1cncn1. The number of sulfonamides is 1. The van der Waals surface area contributed by atoms with Crippen LogP contribution in [0.15, 0.2) is 72.3 Å². The molecule has 150 valence electrons. The molecule has 0 radical (unpaired) electrons. The van der Waals surface area contributed by atoms with Crippen molar-refractivity contribution in [3.63, 3.8) is 0 Å². The Kier molecular flexibility index (Phi) is 4.21. The first-order chi connectivity index (χ1) is 14.6. The van der Waals surface area contributed by atoms with Crippen LogP contribution in [0.25, 0.3) is 16.6 Å². The molecule has 9 nitrogen and oxygen atoms in total. The number of hydrogen-bond donors (Lipinski definition) is 1. The summed E-state index contributed by atoms with van der Waals surface area (Å²) >= 11 is 0. The molecule has 10 heteroatoms. The molecule has 0 unspecified atom stereocenters. The average Bonchev–Trinajstić information content (AvgIpc) is 3.36. The number of aromatic nitrogens is 4. The Bertz CT molecular complexity index is 1360. The number of carbonyl (C=O) groups is 1. The van der Waals surface area contributed by atoms with Gasteiger partial charge in [-0.3, -0.25) is 9.10 Å². The van der Waals surface area contributed by atoms with E-state index < -0.39 is 15.9 Å². The smallest absolute Gasteiger partial charge is 0.265 e. The Hall–Kier alpha value is -3.79. The molecule has 1 N–H and O–H groups in total. The lowest BCUT2D eigenvalue weighted by atomic mass is 10.1. The van der Waals surface area contributed by atoms with Gasteiger partial charge < -0.3 is 5.32 Å². The van der Waals surface area contributed by atoms with Gasteiger partial charge >= 0.3 is 0 Å². The molecule has 0 atom stereocenters. The van der Waals surface area contributed by atoms with E-state index in [9.17, 15) is 13.2 Å². The van der Waals surface area contributed by atoms with Crippen LogP contribution < -0.4 is 9.62 Å². The Labute approximate surface area is 172 Å². The molecule has 5 rings (SSSR count). The van der Waals surface area contributed by atoms with Crippen molar-refractivity contribution in [2.24, 2.45) is 0 Å². The molecule has 1 aliphatic heterocycles. The van der Waals surface area contributed by atoms with Crippen molar-refractivity contribution in [3.05, 3.63) is 72.9 Å². The molecule has 4 aromatic rings. The van der Waals surface area contributed by atoms with Crippen molar-refractivity contribution in [3.8, 4) is 5.82 Å². The molecule has 1 aliphatic rings. The maximum atomic E-state index is 13.0. The van der Waals surface area contributed by atoms with Crippen LogP contribution in [0, 0.1) is 0 Å². The lowest BCUT2D eigenvalue weighted by Gasteiger charge is -2.18. The van der Waals surface area contributed by atoms with Crippen molar-refractivity contribution in [2.75, 3.05) is 10.8 Å². The van der Waals surface area contributed by atoms with Crippen molar-refractivity contribution in [1.82, 2.24) is 25.1 Å². The van der Waals surface area contributed by atoms with Crippen LogP contribution in [-0.2, 0) is 21.4 Å². The zero-order chi connectivity index (χ0) is 20.7. The number of nitrogens with zero attached hydrogens (tertiary/aromatic N) is 5. The van der Waals surface area contributed by atoms with Gasteiger partial charge in [0.15, 0.2) is 5.82 Å². The van der Waals surface area contributed by atoms with E-state index in [0.717, 1.165) is 15.3 Å². The van der Waals surface area contributed by atoms with Crippen molar-refractivity contribution < 1.29 is 13.2 Å². The molecular weight excluding hydrogens is 404 g/mol. The number of amides is 1. The molecule has 3 heterocycles. The summed E-state index contributed by atoms with van der Waals surface area (Å²) < 4.78 is 28.7. The minimum Gasteiger partial charge on any atom is -0.350 e. The largest absolute Gasteiger partial charge is 0.350 e. The van der Waals surface area contributed by atoms with E-state index in [1.165, 1.54) is 17.3 Å². The minimum absolute atomic E-state index is 0.174. The summed E-state index contributed by atoms with van der Waals surface area (Å²) in [6.45, 7) is -0.137. The second-order valence-corrected chi connectivity index (χ2v) is 8.58. The highest BCUT2D eigenvalue weighted by Crippen LogP contribution is 2.41. The maximum Gasteiger partial charge on any atom is 0.265 e. The van der Waals surface area contributed by atoms with Gasteiger partial charge in [0.25, 0.3) is 10.0 Å². The van der Waals surface area contributed by atoms with Crippen LogP contribution >= 0.6 is 0 Å². The standard InChI is InChI=1S/C20H16N6O3S/c27-18(23-10-15-6-3-9-22-20(15)25-13-21-12-24-25)11-26-16-7-1-4-14-5-2-8-17(19(14)16)30(26,28)29/h1-9,12-13H,10-11H2,(H,23,27). The number of anilines is 1. The molecule has 1 amide bonds. The van der Waals surface area contributed by atoms with Crippen LogP contribution in [0.2, 0.25) is 0 Å². The van der Waals surface area contributed by atoms with E-state index >= 15 is 0 Å².